The molecule has 1 rings (SSSR count). The van der Waals surface area contributed by atoms with Crippen LogP contribution in [-0.4, -0.2) is 11.7 Å². The third kappa shape index (κ3) is 1.70. The summed E-state index contributed by atoms with van der Waals surface area (Å²) in [5.41, 5.74) is 5.23. The summed E-state index contributed by atoms with van der Waals surface area (Å²) in [6.45, 7) is 0.247. The molecule has 0 aliphatic rings. The van der Waals surface area contributed by atoms with Crippen molar-refractivity contribution in [3.05, 3.63) is 21.3 Å². The van der Waals surface area contributed by atoms with Crippen molar-refractivity contribution >= 4 is 22.9 Å². The molecular weight excluding hydrogens is 170 g/mol. The quantitative estimate of drug-likeness (QED) is 0.718. The van der Waals surface area contributed by atoms with Crippen LogP contribution in [-0.2, 0) is 0 Å². The molecule has 0 unspecified atom stereocenters. The fourth-order valence-corrected chi connectivity index (χ4v) is 1.70. The lowest BCUT2D eigenvalue weighted by Crippen LogP contribution is -2.09. The minimum absolute atomic E-state index is 0.247. The molecule has 4 heteroatoms. The van der Waals surface area contributed by atoms with Crippen LogP contribution in [0.3, 0.4) is 0 Å². The Balaban J connectivity index is 2.74. The van der Waals surface area contributed by atoms with Gasteiger partial charge in [-0.2, -0.15) is 0 Å². The van der Waals surface area contributed by atoms with Crippen LogP contribution < -0.4 is 5.73 Å². The summed E-state index contributed by atoms with van der Waals surface area (Å²) in [6.07, 6.45) is -0.558. The first-order chi connectivity index (χ1) is 4.74. The zero-order valence-corrected chi connectivity index (χ0v) is 6.82. The van der Waals surface area contributed by atoms with Crippen LogP contribution in [0.25, 0.3) is 0 Å². The van der Waals surface area contributed by atoms with E-state index in [1.807, 2.05) is 0 Å². The van der Waals surface area contributed by atoms with E-state index in [2.05, 4.69) is 0 Å². The van der Waals surface area contributed by atoms with Gasteiger partial charge in [0.2, 0.25) is 0 Å². The molecule has 0 saturated heterocycles. The number of nitrogens with two attached hydrogens (primary N) is 1. The highest BCUT2D eigenvalue weighted by molar-refractivity contribution is 7.10. The summed E-state index contributed by atoms with van der Waals surface area (Å²) < 4.78 is 0. The molecule has 2 nitrogen and oxygen atoms in total. The predicted octanol–water partition coefficient (Wildman–Crippen LogP) is 1.39. The number of halogens is 1. The molecule has 1 heterocycles. The predicted molar refractivity (Wildman–Crippen MR) is 43.3 cm³/mol. The van der Waals surface area contributed by atoms with Gasteiger partial charge >= 0.3 is 0 Å². The smallest absolute Gasteiger partial charge is 0.100 e. The Bertz CT molecular complexity index is 213. The summed E-state index contributed by atoms with van der Waals surface area (Å²) in [7, 11) is 0. The highest BCUT2D eigenvalue weighted by Gasteiger charge is 2.06. The Morgan fingerprint density at radius 1 is 1.80 bits per heavy atom. The number of aliphatic hydroxyl groups excluding tert-OH is 1. The van der Waals surface area contributed by atoms with Gasteiger partial charge in [-0.05, 0) is 6.07 Å². The summed E-state index contributed by atoms with van der Waals surface area (Å²) in [6, 6.07) is 1.73. The van der Waals surface area contributed by atoms with E-state index in [1.165, 1.54) is 11.3 Å². The van der Waals surface area contributed by atoms with Crippen molar-refractivity contribution in [1.82, 2.24) is 0 Å². The monoisotopic (exact) mass is 177 g/mol. The normalized spacial score (nSPS) is 13.5. The lowest BCUT2D eigenvalue weighted by Gasteiger charge is -2.01. The molecule has 1 atom stereocenters. The van der Waals surface area contributed by atoms with E-state index in [4.69, 9.17) is 22.4 Å². The maximum atomic E-state index is 9.17. The molecule has 1 aromatic heterocycles. The van der Waals surface area contributed by atoms with Crippen LogP contribution >= 0.6 is 22.9 Å². The van der Waals surface area contributed by atoms with E-state index in [-0.39, 0.29) is 6.54 Å². The van der Waals surface area contributed by atoms with Crippen molar-refractivity contribution in [1.29, 1.82) is 0 Å². The van der Waals surface area contributed by atoms with Gasteiger partial charge in [-0.25, -0.2) is 0 Å². The molecule has 10 heavy (non-hydrogen) atoms. The van der Waals surface area contributed by atoms with Crippen LogP contribution in [0, 0.1) is 0 Å². The second-order valence-electron chi connectivity index (χ2n) is 1.92. The fraction of sp³-hybridized carbons (Fsp3) is 0.333. The van der Waals surface area contributed by atoms with Crippen LogP contribution in [0.5, 0.6) is 0 Å². The molecule has 0 amide bonds. The standard InChI is InChI=1S/C6H8ClNOS/c7-4-1-6(10-3-4)5(9)2-8/h1,3,5,9H,2,8H2/t5-/m1/s1. The molecule has 0 fully saturated rings. The summed E-state index contributed by atoms with van der Waals surface area (Å²) >= 11 is 7.04. The minimum Gasteiger partial charge on any atom is -0.386 e. The van der Waals surface area contributed by atoms with E-state index < -0.39 is 6.10 Å². The maximum Gasteiger partial charge on any atom is 0.100 e. The van der Waals surface area contributed by atoms with Crippen molar-refractivity contribution in [2.24, 2.45) is 5.73 Å². The topological polar surface area (TPSA) is 46.2 Å². The zero-order chi connectivity index (χ0) is 7.56. The Morgan fingerprint density at radius 3 is 2.90 bits per heavy atom. The third-order valence-corrected chi connectivity index (χ3v) is 2.52. The van der Waals surface area contributed by atoms with Gasteiger partial charge in [-0.3, -0.25) is 0 Å². The van der Waals surface area contributed by atoms with E-state index in [9.17, 15) is 0 Å². The molecule has 0 aromatic carbocycles. The van der Waals surface area contributed by atoms with Crippen LogP contribution in [0.15, 0.2) is 11.4 Å². The van der Waals surface area contributed by atoms with Gasteiger partial charge in [-0.15, -0.1) is 11.3 Å². The first-order valence-electron chi connectivity index (χ1n) is 2.86. The number of hydrogen-bond acceptors (Lipinski definition) is 3. The van der Waals surface area contributed by atoms with Gasteiger partial charge in [-0.1, -0.05) is 11.6 Å². The summed E-state index contributed by atoms with van der Waals surface area (Å²) in [5.74, 6) is 0. The first kappa shape index (κ1) is 8.01. The molecule has 0 radical (unpaired) electrons. The second-order valence-corrected chi connectivity index (χ2v) is 3.30. The Morgan fingerprint density at radius 2 is 2.50 bits per heavy atom. The van der Waals surface area contributed by atoms with Crippen molar-refractivity contribution in [3.8, 4) is 0 Å². The molecule has 0 spiro atoms. The lowest BCUT2D eigenvalue weighted by atomic mass is 10.3. The Hall–Kier alpha value is -0.0900. The van der Waals surface area contributed by atoms with Crippen LogP contribution in [0.2, 0.25) is 5.02 Å². The van der Waals surface area contributed by atoms with Gasteiger partial charge in [0.15, 0.2) is 0 Å². The molecular formula is C6H8ClNOS. The number of rotatable bonds is 2. The SMILES string of the molecule is NC[C@@H](O)c1cc(Cl)cs1. The largest absolute Gasteiger partial charge is 0.386 e. The molecule has 0 bridgehead atoms. The number of thiophene rings is 1. The Labute approximate surface area is 68.2 Å². The number of hydrogen-bond donors (Lipinski definition) is 2. The van der Waals surface area contributed by atoms with E-state index in [0.717, 1.165) is 4.88 Å². The summed E-state index contributed by atoms with van der Waals surface area (Å²) in [5, 5.41) is 11.6. The van der Waals surface area contributed by atoms with E-state index >= 15 is 0 Å². The molecule has 1 aromatic rings. The van der Waals surface area contributed by atoms with Gasteiger partial charge < -0.3 is 10.8 Å². The second kappa shape index (κ2) is 3.34. The summed E-state index contributed by atoms with van der Waals surface area (Å²) in [4.78, 5) is 0.826. The van der Waals surface area contributed by atoms with Crippen molar-refractivity contribution < 1.29 is 5.11 Å². The van der Waals surface area contributed by atoms with Crippen LogP contribution in [0.4, 0.5) is 0 Å². The average Bonchev–Trinajstić information content (AvgIpc) is 2.34. The molecule has 0 aliphatic carbocycles. The average molecular weight is 178 g/mol. The van der Waals surface area contributed by atoms with Crippen LogP contribution in [0.1, 0.15) is 11.0 Å². The lowest BCUT2D eigenvalue weighted by molar-refractivity contribution is 0.190. The Kier molecular flexibility index (Phi) is 2.68. The third-order valence-electron chi connectivity index (χ3n) is 1.14. The number of aliphatic hydroxyl groups is 1. The minimum atomic E-state index is -0.558. The highest BCUT2D eigenvalue weighted by atomic mass is 35.5. The van der Waals surface area contributed by atoms with E-state index in [1.54, 1.807) is 11.4 Å². The molecule has 3 N–H and O–H groups in total. The van der Waals surface area contributed by atoms with Gasteiger partial charge in [0, 0.05) is 16.8 Å². The van der Waals surface area contributed by atoms with Gasteiger partial charge in [0.25, 0.3) is 0 Å². The van der Waals surface area contributed by atoms with Crippen molar-refractivity contribution in [2.75, 3.05) is 6.54 Å². The van der Waals surface area contributed by atoms with Crippen molar-refractivity contribution in [2.45, 2.75) is 6.10 Å². The first-order valence-corrected chi connectivity index (χ1v) is 4.12. The highest BCUT2D eigenvalue weighted by Crippen LogP contribution is 2.24. The van der Waals surface area contributed by atoms with Gasteiger partial charge in [0.05, 0.1) is 5.02 Å². The maximum absolute atomic E-state index is 9.17. The molecule has 0 aliphatic heterocycles. The van der Waals surface area contributed by atoms with E-state index in [0.29, 0.717) is 5.02 Å². The zero-order valence-electron chi connectivity index (χ0n) is 5.25. The molecule has 0 saturated carbocycles. The molecule has 56 valence electrons. The van der Waals surface area contributed by atoms with Gasteiger partial charge in [0.1, 0.15) is 6.10 Å². The fourth-order valence-electron chi connectivity index (χ4n) is 0.619. The van der Waals surface area contributed by atoms with Crippen molar-refractivity contribution in [3.63, 3.8) is 0 Å².